The third kappa shape index (κ3) is 17.1. The lowest BCUT2D eigenvalue weighted by Crippen LogP contribution is -2.57. The lowest BCUT2D eigenvalue weighted by Gasteiger charge is -2.26. The van der Waals surface area contributed by atoms with Gasteiger partial charge in [-0.05, 0) is 73.6 Å². The molecule has 0 aliphatic carbocycles. The van der Waals surface area contributed by atoms with Crippen LogP contribution in [-0.4, -0.2) is 71.4 Å². The molecule has 0 heterocycles. The van der Waals surface area contributed by atoms with Crippen LogP contribution in [0.15, 0.2) is 24.3 Å². The predicted molar refractivity (Wildman–Crippen MR) is 181 cm³/mol. The number of nitrogens with one attached hydrogen (secondary N) is 5. The van der Waals surface area contributed by atoms with Gasteiger partial charge in [-0.3, -0.25) is 19.2 Å². The van der Waals surface area contributed by atoms with Gasteiger partial charge >= 0.3 is 5.97 Å². The molecule has 0 radical (unpaired) electrons. The van der Waals surface area contributed by atoms with E-state index in [-0.39, 0.29) is 18.2 Å². The van der Waals surface area contributed by atoms with Crippen LogP contribution < -0.4 is 26.7 Å². The van der Waals surface area contributed by atoms with Gasteiger partial charge in [-0.2, -0.15) is 17.2 Å². The fourth-order valence-corrected chi connectivity index (χ4v) is 4.77. The zero-order valence-electron chi connectivity index (χ0n) is 26.7. The quantitative estimate of drug-likeness (QED) is 0.0419. The number of unbranched alkanes of at least 4 members (excludes halogenated alkanes) is 1. The molecule has 0 aromatic heterocycles. The van der Waals surface area contributed by atoms with Gasteiger partial charge in [0.25, 0.3) is 5.91 Å². The van der Waals surface area contributed by atoms with Crippen molar-refractivity contribution >= 4 is 64.4 Å². The van der Waals surface area contributed by atoms with E-state index < -0.39 is 41.8 Å². The Balaban J connectivity index is 2.78. The normalized spacial score (nSPS) is 13.2. The topological polar surface area (TPSA) is 184 Å². The van der Waals surface area contributed by atoms with Crippen LogP contribution in [0.1, 0.15) is 82.1 Å². The summed E-state index contributed by atoms with van der Waals surface area (Å²) in [5.74, 6) is -2.17. The molecule has 0 aliphatic heterocycles. The van der Waals surface area contributed by atoms with Crippen LogP contribution in [0.25, 0.3) is 0 Å². The van der Waals surface area contributed by atoms with Crippen molar-refractivity contribution in [1.82, 2.24) is 26.7 Å². The van der Waals surface area contributed by atoms with Crippen molar-refractivity contribution in [1.29, 1.82) is 0 Å². The first-order valence-corrected chi connectivity index (χ1v) is 17.3. The van der Waals surface area contributed by atoms with E-state index in [2.05, 4.69) is 35.0 Å². The van der Waals surface area contributed by atoms with Gasteiger partial charge in [-0.1, -0.05) is 39.8 Å². The van der Waals surface area contributed by atoms with E-state index in [4.69, 9.17) is 0 Å². The van der Waals surface area contributed by atoms with Crippen molar-refractivity contribution in [3.05, 3.63) is 35.4 Å². The highest BCUT2D eigenvalue weighted by atomic mass is 127. The molecule has 0 bridgehead atoms. The fourth-order valence-electron chi connectivity index (χ4n) is 4.17. The minimum Gasteiger partial charge on any atom is -0.480 e. The summed E-state index contributed by atoms with van der Waals surface area (Å²) >= 11 is 3.09. The van der Waals surface area contributed by atoms with Crippen LogP contribution in [0.5, 0.6) is 0 Å². The number of aliphatic carboxylic acids is 1. The Labute approximate surface area is 284 Å². The Kier molecular flexibility index (Phi) is 20.7. The highest BCUT2D eigenvalue weighted by Crippen LogP contribution is 2.10. The van der Waals surface area contributed by atoms with E-state index in [9.17, 15) is 29.1 Å². The molecule has 13 nitrogen and oxygen atoms in total. The van der Waals surface area contributed by atoms with Crippen LogP contribution >= 0.6 is 34.8 Å². The summed E-state index contributed by atoms with van der Waals surface area (Å²) in [5.41, 5.74) is 3.78. The number of carboxylic acids is 1. The molecule has 4 amide bonds. The van der Waals surface area contributed by atoms with Crippen LogP contribution in [0.3, 0.4) is 0 Å². The van der Waals surface area contributed by atoms with Gasteiger partial charge in [0.05, 0.1) is 0 Å². The lowest BCUT2D eigenvalue weighted by atomic mass is 10.0. The van der Waals surface area contributed by atoms with Crippen LogP contribution in [-0.2, 0) is 33.9 Å². The molecule has 15 heteroatoms. The summed E-state index contributed by atoms with van der Waals surface area (Å²) < 4.78 is 4.44. The zero-order chi connectivity index (χ0) is 33.8. The smallest absolute Gasteiger partial charge is 0.326 e. The van der Waals surface area contributed by atoms with Crippen LogP contribution in [0, 0.1) is 11.8 Å². The standard InChI is InChI=1S/C30H48IN5O8S/c1-19(2)9-14-25(37)32-16-7-6-8-24(30(41)42)35-29(40)26(20(3)4)36-28(39)23(15-17-45-5)34-27(38)22-12-10-21(11-13-22)18-33-44-43-31/h10-13,19-20,23-24,26,33H,6-9,14-18H2,1-5H3,(H,32,37)(H,34,38)(H,35,40)(H,36,39)(H,41,42). The Bertz CT molecular complexity index is 1080. The molecule has 0 fully saturated rings. The van der Waals surface area contributed by atoms with Crippen molar-refractivity contribution in [2.45, 2.75) is 90.9 Å². The largest absolute Gasteiger partial charge is 0.480 e. The van der Waals surface area contributed by atoms with Crippen LogP contribution in [0.2, 0.25) is 0 Å². The maximum atomic E-state index is 13.3. The summed E-state index contributed by atoms with van der Waals surface area (Å²) in [6.45, 7) is 8.36. The Hall–Kier alpha value is -2.47. The average Bonchev–Trinajstić information content (AvgIpc) is 2.99. The van der Waals surface area contributed by atoms with E-state index in [1.807, 2.05) is 20.1 Å². The third-order valence-electron chi connectivity index (χ3n) is 6.87. The molecule has 1 aromatic rings. The first kappa shape index (κ1) is 40.6. The number of thioether (sulfide) groups is 1. The number of carbonyl (C=O) groups is 5. The first-order chi connectivity index (χ1) is 21.4. The molecule has 3 unspecified atom stereocenters. The zero-order valence-corrected chi connectivity index (χ0v) is 29.6. The number of carboxylic acid groups (broad SMARTS) is 1. The molecule has 0 spiro atoms. The Morgan fingerprint density at radius 2 is 1.58 bits per heavy atom. The molecule has 0 saturated carbocycles. The molecule has 1 rings (SSSR count). The SMILES string of the molecule is CSCCC(NC(=O)c1ccc(CNOOI)cc1)C(=O)NC(C(=O)NC(CCCCNC(=O)CCC(C)C)C(=O)O)C(C)C. The molecule has 3 atom stereocenters. The number of halogens is 1. The molecular weight excluding hydrogens is 717 g/mol. The van der Waals surface area contributed by atoms with E-state index >= 15 is 0 Å². The van der Waals surface area contributed by atoms with Gasteiger partial charge in [0.1, 0.15) is 18.1 Å². The number of benzene rings is 1. The van der Waals surface area contributed by atoms with Gasteiger partial charge in [0.15, 0.2) is 23.0 Å². The summed E-state index contributed by atoms with van der Waals surface area (Å²) in [5, 5.41) is 20.6. The van der Waals surface area contributed by atoms with Crippen molar-refractivity contribution < 1.29 is 37.3 Å². The number of amides is 4. The minimum atomic E-state index is -1.18. The van der Waals surface area contributed by atoms with Crippen molar-refractivity contribution in [3.8, 4) is 0 Å². The van der Waals surface area contributed by atoms with Crippen molar-refractivity contribution in [2.75, 3.05) is 18.6 Å². The Morgan fingerprint density at radius 3 is 2.16 bits per heavy atom. The highest BCUT2D eigenvalue weighted by molar-refractivity contribution is 14.1. The van der Waals surface area contributed by atoms with Crippen molar-refractivity contribution in [3.63, 3.8) is 0 Å². The highest BCUT2D eigenvalue weighted by Gasteiger charge is 2.31. The second-order valence-electron chi connectivity index (χ2n) is 11.4. The average molecular weight is 766 g/mol. The van der Waals surface area contributed by atoms with Crippen LogP contribution in [0.4, 0.5) is 0 Å². The van der Waals surface area contributed by atoms with Crippen molar-refractivity contribution in [2.24, 2.45) is 11.8 Å². The minimum absolute atomic E-state index is 0.0335. The summed E-state index contributed by atoms with van der Waals surface area (Å²) in [6, 6.07) is 3.62. The number of hydrogen-bond acceptors (Lipinski definition) is 9. The van der Waals surface area contributed by atoms with Gasteiger partial charge in [-0.25, -0.2) is 4.79 Å². The number of hydrogen-bond donors (Lipinski definition) is 6. The first-order valence-electron chi connectivity index (χ1n) is 15.1. The monoisotopic (exact) mass is 765 g/mol. The van der Waals surface area contributed by atoms with Gasteiger partial charge in [0, 0.05) is 25.1 Å². The summed E-state index contributed by atoms with van der Waals surface area (Å²) in [6.07, 6.45) is 4.67. The lowest BCUT2D eigenvalue weighted by molar-refractivity contribution is -0.225. The predicted octanol–water partition coefficient (Wildman–Crippen LogP) is 3.27. The van der Waals surface area contributed by atoms with Gasteiger partial charge in [0.2, 0.25) is 17.7 Å². The van der Waals surface area contributed by atoms with Gasteiger partial charge in [-0.15, -0.1) is 8.21 Å². The van der Waals surface area contributed by atoms with E-state index in [0.29, 0.717) is 56.0 Å². The van der Waals surface area contributed by atoms with E-state index in [1.165, 1.54) is 11.8 Å². The molecule has 254 valence electrons. The van der Waals surface area contributed by atoms with Gasteiger partial charge < -0.3 is 26.4 Å². The molecule has 1 aromatic carbocycles. The Morgan fingerprint density at radius 1 is 0.889 bits per heavy atom. The molecule has 6 N–H and O–H groups in total. The maximum Gasteiger partial charge on any atom is 0.326 e. The maximum absolute atomic E-state index is 13.3. The second kappa shape index (κ2) is 22.9. The second-order valence-corrected chi connectivity index (χ2v) is 12.7. The van der Waals surface area contributed by atoms with E-state index in [0.717, 1.165) is 12.0 Å². The fraction of sp³-hybridized carbons (Fsp3) is 0.633. The molecule has 0 aliphatic rings. The summed E-state index contributed by atoms with van der Waals surface area (Å²) in [7, 11) is 0. The van der Waals surface area contributed by atoms with E-state index in [1.54, 1.807) is 61.1 Å². The number of carbonyl (C=O) groups excluding carboxylic acids is 4. The molecule has 45 heavy (non-hydrogen) atoms. The summed E-state index contributed by atoms with van der Waals surface area (Å²) in [4.78, 5) is 67.9. The molecule has 0 saturated heterocycles. The number of rotatable bonds is 23. The number of hydroxylamine groups is 1. The molecular formula is C30H48IN5O8S. The third-order valence-corrected chi connectivity index (χ3v) is 7.69.